The maximum absolute atomic E-state index is 5.43. The summed E-state index contributed by atoms with van der Waals surface area (Å²) in [6.07, 6.45) is 3.63. The van der Waals surface area contributed by atoms with Crippen molar-refractivity contribution >= 4 is 22.0 Å². The Morgan fingerprint density at radius 3 is 2.80 bits per heavy atom. The molecule has 0 aromatic heterocycles. The summed E-state index contributed by atoms with van der Waals surface area (Å²) in [4.78, 5) is 1.80. The normalized spacial score (nSPS) is 10.3. The van der Waals surface area contributed by atoms with Gasteiger partial charge >= 0.3 is 0 Å². The van der Waals surface area contributed by atoms with Crippen LogP contribution in [0.3, 0.4) is 0 Å². The largest absolute Gasteiger partial charge is 0.493 e. The first-order valence-corrected chi connectivity index (χ1v) is 5.42. The van der Waals surface area contributed by atoms with Gasteiger partial charge in [-0.25, -0.2) is 0 Å². The van der Waals surface area contributed by atoms with Gasteiger partial charge in [0.15, 0.2) is 11.5 Å². The Kier molecular flexibility index (Phi) is 4.98. The van der Waals surface area contributed by atoms with E-state index in [1.54, 1.807) is 18.2 Å². The van der Waals surface area contributed by atoms with E-state index in [2.05, 4.69) is 22.5 Å². The molecule has 0 saturated heterocycles. The molecule has 2 nitrogen and oxygen atoms in total. The lowest BCUT2D eigenvalue weighted by Gasteiger charge is -2.09. The zero-order valence-electron chi connectivity index (χ0n) is 8.57. The number of methoxy groups -OCH3 is 1. The van der Waals surface area contributed by atoms with Crippen molar-refractivity contribution in [2.45, 2.75) is 0 Å². The van der Waals surface area contributed by atoms with E-state index < -0.39 is 0 Å². The molecule has 0 amide bonds. The molecule has 0 bridgehead atoms. The van der Waals surface area contributed by atoms with Gasteiger partial charge in [0.05, 0.1) is 7.11 Å². The third-order valence-electron chi connectivity index (χ3n) is 1.80. The van der Waals surface area contributed by atoms with Gasteiger partial charge in [-0.15, -0.1) is 0 Å². The van der Waals surface area contributed by atoms with Crippen molar-refractivity contribution in [3.05, 3.63) is 41.4 Å². The highest BCUT2D eigenvalue weighted by atomic mass is 79.9. The predicted molar refractivity (Wildman–Crippen MR) is 66.6 cm³/mol. The second-order valence-corrected chi connectivity index (χ2v) is 3.33. The summed E-state index contributed by atoms with van der Waals surface area (Å²) in [6, 6.07) is 5.75. The summed E-state index contributed by atoms with van der Waals surface area (Å²) in [5.74, 6) is 1.45. The lowest BCUT2D eigenvalue weighted by molar-refractivity contribution is 0.326. The van der Waals surface area contributed by atoms with Crippen LogP contribution in [0, 0.1) is 0 Å². The Hall–Kier alpha value is -1.22. The molecule has 1 aromatic carbocycles. The second kappa shape index (κ2) is 6.30. The molecule has 0 heterocycles. The van der Waals surface area contributed by atoms with Gasteiger partial charge in [0.1, 0.15) is 6.61 Å². The van der Waals surface area contributed by atoms with E-state index >= 15 is 0 Å². The van der Waals surface area contributed by atoms with Crippen LogP contribution in [0.25, 0.3) is 6.08 Å². The summed E-state index contributed by atoms with van der Waals surface area (Å²) < 4.78 is 10.7. The molecule has 1 aromatic rings. The van der Waals surface area contributed by atoms with Crippen molar-refractivity contribution < 1.29 is 9.47 Å². The van der Waals surface area contributed by atoms with Crippen molar-refractivity contribution in [1.29, 1.82) is 0 Å². The van der Waals surface area contributed by atoms with Gasteiger partial charge in [0, 0.05) is 0 Å². The van der Waals surface area contributed by atoms with Crippen molar-refractivity contribution in [2.24, 2.45) is 0 Å². The summed E-state index contributed by atoms with van der Waals surface area (Å²) in [6.45, 7) is 4.07. The molecule has 0 saturated carbocycles. The average Bonchev–Trinajstić information content (AvgIpc) is 2.27. The maximum Gasteiger partial charge on any atom is 0.161 e. The lowest BCUT2D eigenvalue weighted by Crippen LogP contribution is -1.96. The van der Waals surface area contributed by atoms with Crippen LogP contribution in [0.5, 0.6) is 11.5 Å². The van der Waals surface area contributed by atoms with Crippen molar-refractivity contribution in [2.75, 3.05) is 13.7 Å². The number of hydrogen-bond acceptors (Lipinski definition) is 2. The highest BCUT2D eigenvalue weighted by Gasteiger charge is 2.03. The van der Waals surface area contributed by atoms with Gasteiger partial charge in [-0.1, -0.05) is 34.7 Å². The van der Waals surface area contributed by atoms with Crippen LogP contribution in [0.2, 0.25) is 0 Å². The number of hydrogen-bond donors (Lipinski definition) is 0. The van der Waals surface area contributed by atoms with Gasteiger partial charge < -0.3 is 9.47 Å². The zero-order chi connectivity index (χ0) is 11.1. The number of rotatable bonds is 5. The molecule has 0 spiro atoms. The van der Waals surface area contributed by atoms with E-state index in [4.69, 9.17) is 9.47 Å². The highest BCUT2D eigenvalue weighted by Crippen LogP contribution is 2.28. The number of ether oxygens (including phenoxy) is 2. The molecule has 0 aliphatic rings. The Balaban J connectivity index is 2.92. The Bertz CT molecular complexity index is 359. The van der Waals surface area contributed by atoms with Crippen LogP contribution in [0.15, 0.2) is 35.8 Å². The van der Waals surface area contributed by atoms with E-state index in [1.807, 2.05) is 24.3 Å². The summed E-state index contributed by atoms with van der Waals surface area (Å²) in [7, 11) is 1.62. The van der Waals surface area contributed by atoms with Gasteiger partial charge in [-0.05, 0) is 28.8 Å². The molecule has 0 aliphatic carbocycles. The lowest BCUT2D eigenvalue weighted by atomic mass is 10.2. The molecule has 80 valence electrons. The standard InChI is InChI=1S/C12H13BrO2/c1-3-8-15-11-5-4-10(6-7-13)9-12(11)14-2/h3-7,9H,1,8H2,2H3/b7-6+. The minimum Gasteiger partial charge on any atom is -0.493 e. The van der Waals surface area contributed by atoms with Crippen molar-refractivity contribution in [3.8, 4) is 11.5 Å². The van der Waals surface area contributed by atoms with Crippen molar-refractivity contribution in [1.82, 2.24) is 0 Å². The molecule has 0 aliphatic heterocycles. The molecular formula is C12H13BrO2. The monoisotopic (exact) mass is 268 g/mol. The fourth-order valence-corrected chi connectivity index (χ4v) is 1.43. The fraction of sp³-hybridized carbons (Fsp3) is 0.167. The van der Waals surface area contributed by atoms with Crippen LogP contribution >= 0.6 is 15.9 Å². The summed E-state index contributed by atoms with van der Waals surface area (Å²) in [5.41, 5.74) is 1.05. The zero-order valence-corrected chi connectivity index (χ0v) is 10.2. The Labute approximate surface area is 98.3 Å². The highest BCUT2D eigenvalue weighted by molar-refractivity contribution is 9.11. The van der Waals surface area contributed by atoms with E-state index in [-0.39, 0.29) is 0 Å². The predicted octanol–water partition coefficient (Wildman–Crippen LogP) is 3.63. The molecule has 0 N–H and O–H groups in total. The number of benzene rings is 1. The average molecular weight is 269 g/mol. The van der Waals surface area contributed by atoms with E-state index in [0.29, 0.717) is 6.61 Å². The van der Waals surface area contributed by atoms with Gasteiger partial charge in [0.25, 0.3) is 0 Å². The smallest absolute Gasteiger partial charge is 0.161 e. The number of halogens is 1. The van der Waals surface area contributed by atoms with Gasteiger partial charge in [0.2, 0.25) is 0 Å². The first kappa shape index (κ1) is 11.9. The maximum atomic E-state index is 5.43. The van der Waals surface area contributed by atoms with Crippen LogP contribution in [0.4, 0.5) is 0 Å². The third kappa shape index (κ3) is 3.44. The SMILES string of the molecule is C=CCOc1ccc(/C=C/Br)cc1OC. The molecule has 1 rings (SSSR count). The topological polar surface area (TPSA) is 18.5 Å². The Morgan fingerprint density at radius 1 is 1.40 bits per heavy atom. The van der Waals surface area contributed by atoms with Crippen LogP contribution in [0.1, 0.15) is 5.56 Å². The van der Waals surface area contributed by atoms with E-state index in [1.165, 1.54) is 0 Å². The van der Waals surface area contributed by atoms with Crippen molar-refractivity contribution in [3.63, 3.8) is 0 Å². The minimum absolute atomic E-state index is 0.476. The van der Waals surface area contributed by atoms with E-state index in [0.717, 1.165) is 17.1 Å². The molecule has 0 radical (unpaired) electrons. The minimum atomic E-state index is 0.476. The molecular weight excluding hydrogens is 256 g/mol. The second-order valence-electron chi connectivity index (χ2n) is 2.80. The van der Waals surface area contributed by atoms with E-state index in [9.17, 15) is 0 Å². The molecule has 0 unspecified atom stereocenters. The Morgan fingerprint density at radius 2 is 2.20 bits per heavy atom. The summed E-state index contributed by atoms with van der Waals surface area (Å²) in [5, 5.41) is 0. The fourth-order valence-electron chi connectivity index (χ4n) is 1.13. The first-order chi connectivity index (χ1) is 7.31. The van der Waals surface area contributed by atoms with Crippen LogP contribution in [-0.4, -0.2) is 13.7 Å². The third-order valence-corrected chi connectivity index (χ3v) is 2.06. The van der Waals surface area contributed by atoms with Crippen LogP contribution < -0.4 is 9.47 Å². The molecule has 3 heteroatoms. The van der Waals surface area contributed by atoms with Gasteiger partial charge in [-0.2, -0.15) is 0 Å². The summed E-state index contributed by atoms with van der Waals surface area (Å²) >= 11 is 3.23. The molecule has 0 atom stereocenters. The van der Waals surface area contributed by atoms with Gasteiger partial charge in [-0.3, -0.25) is 0 Å². The first-order valence-electron chi connectivity index (χ1n) is 4.50. The quantitative estimate of drug-likeness (QED) is 0.760. The van der Waals surface area contributed by atoms with Crippen LogP contribution in [-0.2, 0) is 0 Å². The molecule has 0 fully saturated rings. The molecule has 15 heavy (non-hydrogen) atoms.